The number of hydrogen-bond acceptors (Lipinski definition) is 4. The van der Waals surface area contributed by atoms with Gasteiger partial charge in [0.05, 0.1) is 6.10 Å². The van der Waals surface area contributed by atoms with Gasteiger partial charge in [-0.25, -0.2) is 0 Å². The maximum absolute atomic E-state index is 12.8. The molecule has 0 aromatic heterocycles. The first-order chi connectivity index (χ1) is 15.4. The first-order valence-corrected chi connectivity index (χ1v) is 11.5. The van der Waals surface area contributed by atoms with Crippen molar-refractivity contribution >= 4 is 34.8 Å². The van der Waals surface area contributed by atoms with Gasteiger partial charge in [-0.15, -0.1) is 0 Å². The van der Waals surface area contributed by atoms with Crippen LogP contribution in [0.4, 0.5) is 5.69 Å². The van der Waals surface area contributed by atoms with E-state index in [1.165, 1.54) is 0 Å². The minimum absolute atomic E-state index is 0.0233. The molecule has 2 aromatic rings. The summed E-state index contributed by atoms with van der Waals surface area (Å²) in [5, 5.41) is 5.85. The average Bonchev–Trinajstić information content (AvgIpc) is 2.79. The number of nitrogens with zero attached hydrogens (tertiary/aromatic N) is 1. The largest absolute Gasteiger partial charge is 0.491 e. The lowest BCUT2D eigenvalue weighted by Crippen LogP contribution is -2.38. The fourth-order valence-electron chi connectivity index (χ4n) is 3.46. The summed E-state index contributed by atoms with van der Waals surface area (Å²) < 4.78 is 5.74. The van der Waals surface area contributed by atoms with Crippen molar-refractivity contribution in [1.29, 1.82) is 0 Å². The Hall–Kier alpha value is -2.93. The van der Waals surface area contributed by atoms with Crippen LogP contribution >= 0.6 is 12.2 Å². The Bertz CT molecular complexity index is 953. The van der Waals surface area contributed by atoms with Gasteiger partial charge in [0, 0.05) is 29.9 Å². The molecular formula is C25H31N3O3S. The quantitative estimate of drug-likeness (QED) is 0.611. The van der Waals surface area contributed by atoms with Gasteiger partial charge in [0.25, 0.3) is 11.8 Å². The standard InChI is InChI=1S/C25H31N3O3S/c1-4-18(3)31-22-10-8-19(9-11-22)23(29)27-25(32)26-21-7-5-6-20(16-21)24(30)28-14-12-17(2)13-15-28/h5-11,16-18H,4,12-15H2,1-3H3,(H2,26,27,29,32). The van der Waals surface area contributed by atoms with Crippen LogP contribution in [-0.4, -0.2) is 41.0 Å². The van der Waals surface area contributed by atoms with Crippen molar-refractivity contribution < 1.29 is 14.3 Å². The minimum atomic E-state index is -0.313. The van der Waals surface area contributed by atoms with Crippen LogP contribution in [0.15, 0.2) is 48.5 Å². The molecule has 7 heteroatoms. The van der Waals surface area contributed by atoms with E-state index in [9.17, 15) is 9.59 Å². The summed E-state index contributed by atoms with van der Waals surface area (Å²) in [6.07, 6.45) is 3.09. The zero-order chi connectivity index (χ0) is 23.1. The number of carbonyl (C=O) groups is 2. The SMILES string of the molecule is CCC(C)Oc1ccc(C(=O)NC(=S)Nc2cccc(C(=O)N3CCC(C)CC3)c2)cc1. The fourth-order valence-corrected chi connectivity index (χ4v) is 3.67. The van der Waals surface area contributed by atoms with Gasteiger partial charge in [0.2, 0.25) is 0 Å². The lowest BCUT2D eigenvalue weighted by Gasteiger charge is -2.30. The Morgan fingerprint density at radius 3 is 2.47 bits per heavy atom. The van der Waals surface area contributed by atoms with Crippen molar-refractivity contribution in [2.24, 2.45) is 5.92 Å². The molecule has 1 heterocycles. The highest BCUT2D eigenvalue weighted by Crippen LogP contribution is 2.20. The van der Waals surface area contributed by atoms with Crippen molar-refractivity contribution in [2.75, 3.05) is 18.4 Å². The molecule has 2 N–H and O–H groups in total. The molecule has 3 rings (SSSR count). The summed E-state index contributed by atoms with van der Waals surface area (Å²) in [5.41, 5.74) is 1.74. The molecule has 0 saturated carbocycles. The summed E-state index contributed by atoms with van der Waals surface area (Å²) in [7, 11) is 0. The van der Waals surface area contributed by atoms with Crippen molar-refractivity contribution in [3.8, 4) is 5.75 Å². The van der Waals surface area contributed by atoms with E-state index in [4.69, 9.17) is 17.0 Å². The van der Waals surface area contributed by atoms with Crippen molar-refractivity contribution in [1.82, 2.24) is 10.2 Å². The number of amides is 2. The molecule has 0 radical (unpaired) electrons. The van der Waals surface area contributed by atoms with E-state index >= 15 is 0 Å². The van der Waals surface area contributed by atoms with E-state index in [0.29, 0.717) is 22.7 Å². The molecule has 0 aliphatic carbocycles. The van der Waals surface area contributed by atoms with Gasteiger partial charge in [0.15, 0.2) is 5.11 Å². The average molecular weight is 454 g/mol. The van der Waals surface area contributed by atoms with Gasteiger partial charge < -0.3 is 15.0 Å². The molecule has 1 saturated heterocycles. The number of carbonyl (C=O) groups excluding carboxylic acids is 2. The summed E-state index contributed by atoms with van der Waals surface area (Å²) in [5.74, 6) is 1.10. The maximum atomic E-state index is 12.8. The van der Waals surface area contributed by atoms with Gasteiger partial charge in [-0.3, -0.25) is 14.9 Å². The predicted molar refractivity (Wildman–Crippen MR) is 131 cm³/mol. The normalized spacial score (nSPS) is 15.0. The third-order valence-electron chi connectivity index (χ3n) is 5.69. The maximum Gasteiger partial charge on any atom is 0.257 e. The smallest absolute Gasteiger partial charge is 0.257 e. The summed E-state index contributed by atoms with van der Waals surface area (Å²) in [6, 6.07) is 14.1. The van der Waals surface area contributed by atoms with Crippen LogP contribution in [0.3, 0.4) is 0 Å². The molecule has 1 aliphatic rings. The van der Waals surface area contributed by atoms with Crippen LogP contribution in [0.25, 0.3) is 0 Å². The predicted octanol–water partition coefficient (Wildman–Crippen LogP) is 4.86. The van der Waals surface area contributed by atoms with Crippen molar-refractivity contribution in [3.63, 3.8) is 0 Å². The second kappa shape index (κ2) is 11.1. The molecule has 1 aliphatic heterocycles. The van der Waals surface area contributed by atoms with E-state index in [-0.39, 0.29) is 23.0 Å². The lowest BCUT2D eigenvalue weighted by atomic mass is 9.98. The number of benzene rings is 2. The molecule has 2 amide bonds. The van der Waals surface area contributed by atoms with Crippen LogP contribution in [0.1, 0.15) is 60.7 Å². The fraction of sp³-hybridized carbons (Fsp3) is 0.400. The van der Waals surface area contributed by atoms with E-state index in [2.05, 4.69) is 24.5 Å². The van der Waals surface area contributed by atoms with Gasteiger partial charge in [0.1, 0.15) is 5.75 Å². The zero-order valence-electron chi connectivity index (χ0n) is 18.9. The van der Waals surface area contributed by atoms with Crippen molar-refractivity contribution in [3.05, 3.63) is 59.7 Å². The summed E-state index contributed by atoms with van der Waals surface area (Å²) in [4.78, 5) is 27.2. The van der Waals surface area contributed by atoms with E-state index < -0.39 is 0 Å². The first-order valence-electron chi connectivity index (χ1n) is 11.1. The number of likely N-dealkylation sites (tertiary alicyclic amines) is 1. The molecule has 0 spiro atoms. The second-order valence-corrected chi connectivity index (χ2v) is 8.73. The molecule has 2 aromatic carbocycles. The number of nitrogens with one attached hydrogen (secondary N) is 2. The summed E-state index contributed by atoms with van der Waals surface area (Å²) >= 11 is 5.29. The molecule has 0 bridgehead atoms. The van der Waals surface area contributed by atoms with Crippen LogP contribution < -0.4 is 15.4 Å². The van der Waals surface area contributed by atoms with Crippen LogP contribution in [0.5, 0.6) is 5.75 Å². The molecule has 1 unspecified atom stereocenters. The molecule has 170 valence electrons. The number of thiocarbonyl (C=S) groups is 1. The Morgan fingerprint density at radius 2 is 1.81 bits per heavy atom. The number of ether oxygens (including phenoxy) is 1. The van der Waals surface area contributed by atoms with E-state index in [1.807, 2.05) is 24.0 Å². The third kappa shape index (κ3) is 6.53. The number of piperidine rings is 1. The number of hydrogen-bond donors (Lipinski definition) is 2. The zero-order valence-corrected chi connectivity index (χ0v) is 19.7. The highest BCUT2D eigenvalue weighted by Gasteiger charge is 2.21. The van der Waals surface area contributed by atoms with Crippen molar-refractivity contribution in [2.45, 2.75) is 46.1 Å². The third-order valence-corrected chi connectivity index (χ3v) is 5.90. The topological polar surface area (TPSA) is 70.7 Å². The molecular weight excluding hydrogens is 422 g/mol. The highest BCUT2D eigenvalue weighted by atomic mass is 32.1. The van der Waals surface area contributed by atoms with E-state index in [0.717, 1.165) is 38.1 Å². The Labute approximate surface area is 195 Å². The van der Waals surface area contributed by atoms with Crippen LogP contribution in [0.2, 0.25) is 0 Å². The highest BCUT2D eigenvalue weighted by molar-refractivity contribution is 7.80. The number of anilines is 1. The second-order valence-electron chi connectivity index (χ2n) is 8.32. The first kappa shape index (κ1) is 23.7. The Morgan fingerprint density at radius 1 is 1.12 bits per heavy atom. The lowest BCUT2D eigenvalue weighted by molar-refractivity contribution is 0.0697. The van der Waals surface area contributed by atoms with Gasteiger partial charge >= 0.3 is 0 Å². The summed E-state index contributed by atoms with van der Waals surface area (Å²) in [6.45, 7) is 7.84. The van der Waals surface area contributed by atoms with E-state index in [1.54, 1.807) is 36.4 Å². The van der Waals surface area contributed by atoms with Crippen LogP contribution in [0, 0.1) is 5.92 Å². The number of rotatable bonds is 6. The Kier molecular flexibility index (Phi) is 8.22. The van der Waals surface area contributed by atoms with Gasteiger partial charge in [-0.05, 0) is 86.8 Å². The monoisotopic (exact) mass is 453 g/mol. The van der Waals surface area contributed by atoms with Gasteiger partial charge in [-0.2, -0.15) is 0 Å². The Balaban J connectivity index is 1.56. The molecule has 1 atom stereocenters. The minimum Gasteiger partial charge on any atom is -0.491 e. The molecule has 1 fully saturated rings. The molecule has 32 heavy (non-hydrogen) atoms. The molecule has 6 nitrogen and oxygen atoms in total. The van der Waals surface area contributed by atoms with Crippen LogP contribution in [-0.2, 0) is 0 Å². The van der Waals surface area contributed by atoms with Gasteiger partial charge in [-0.1, -0.05) is 19.9 Å².